The largest absolute Gasteiger partial charge is 0.235 e. The fraction of sp³-hybridized carbons (Fsp3) is 0.300. The Hall–Kier alpha value is -1.54. The van der Waals surface area contributed by atoms with Crippen molar-refractivity contribution in [2.24, 2.45) is 4.99 Å². The summed E-state index contributed by atoms with van der Waals surface area (Å²) in [6, 6.07) is 2.63. The molecule has 0 N–H and O–H groups in total. The highest BCUT2D eigenvalue weighted by atomic mass is 19.1. The molecule has 0 aliphatic carbocycles. The Morgan fingerprint density at radius 2 is 2.21 bits per heavy atom. The number of isocyanates is 1. The zero-order chi connectivity index (χ0) is 10.6. The van der Waals surface area contributed by atoms with Crippen molar-refractivity contribution in [3.63, 3.8) is 0 Å². The Labute approximate surface area is 80.3 Å². The van der Waals surface area contributed by atoms with E-state index in [2.05, 4.69) is 4.99 Å². The molecule has 0 aliphatic heterocycles. The smallest absolute Gasteiger partial charge is 0.211 e. The molecule has 0 amide bonds. The van der Waals surface area contributed by atoms with Gasteiger partial charge in [-0.15, -0.1) is 0 Å². The molecule has 0 aromatic heterocycles. The van der Waals surface area contributed by atoms with Crippen LogP contribution in [0.5, 0.6) is 0 Å². The van der Waals surface area contributed by atoms with Crippen molar-refractivity contribution in [1.82, 2.24) is 0 Å². The molecule has 0 fully saturated rings. The molecule has 0 saturated heterocycles. The molecule has 1 aromatic rings. The number of hydrogen-bond donors (Lipinski definition) is 0. The van der Waals surface area contributed by atoms with E-state index >= 15 is 0 Å². The number of benzene rings is 1. The first-order valence-corrected chi connectivity index (χ1v) is 4.21. The van der Waals surface area contributed by atoms with Gasteiger partial charge in [-0.1, -0.05) is 13.0 Å². The van der Waals surface area contributed by atoms with E-state index in [1.165, 1.54) is 12.1 Å². The third-order valence-corrected chi connectivity index (χ3v) is 1.92. The van der Waals surface area contributed by atoms with Crippen molar-refractivity contribution < 1.29 is 13.6 Å². The van der Waals surface area contributed by atoms with E-state index in [1.807, 2.05) is 0 Å². The van der Waals surface area contributed by atoms with Gasteiger partial charge in [0, 0.05) is 11.6 Å². The first kappa shape index (κ1) is 10.5. The lowest BCUT2D eigenvalue weighted by Crippen LogP contribution is -1.98. The minimum Gasteiger partial charge on any atom is -0.211 e. The van der Waals surface area contributed by atoms with E-state index in [4.69, 9.17) is 0 Å². The summed E-state index contributed by atoms with van der Waals surface area (Å²) in [5.41, 5.74) is 0.220. The highest BCUT2D eigenvalue weighted by molar-refractivity contribution is 5.35. The number of nitrogens with zero attached hydrogens (tertiary/aromatic N) is 1. The summed E-state index contributed by atoms with van der Waals surface area (Å²) in [7, 11) is 0. The van der Waals surface area contributed by atoms with Crippen molar-refractivity contribution in [2.75, 3.05) is 0 Å². The molecule has 0 saturated carbocycles. The van der Waals surface area contributed by atoms with Gasteiger partial charge >= 0.3 is 0 Å². The van der Waals surface area contributed by atoms with Crippen molar-refractivity contribution in [3.05, 3.63) is 35.4 Å². The van der Waals surface area contributed by atoms with Crippen molar-refractivity contribution >= 4 is 6.08 Å². The number of aliphatic imine (C=N–C) groups is 1. The van der Waals surface area contributed by atoms with Crippen LogP contribution in [0.2, 0.25) is 0 Å². The lowest BCUT2D eigenvalue weighted by molar-refractivity contribution is 0.539. The number of rotatable bonds is 3. The molecular weight excluding hydrogens is 188 g/mol. The maximum atomic E-state index is 13.2. The predicted octanol–water partition coefficient (Wildman–Crippen LogP) is 2.75. The molecule has 0 heterocycles. The summed E-state index contributed by atoms with van der Waals surface area (Å²) in [6.07, 6.45) is 1.84. The van der Waals surface area contributed by atoms with Gasteiger partial charge in [-0.25, -0.2) is 13.6 Å². The van der Waals surface area contributed by atoms with Crippen LogP contribution < -0.4 is 0 Å². The molecule has 1 rings (SSSR count). The van der Waals surface area contributed by atoms with Gasteiger partial charge in [0.25, 0.3) is 0 Å². The second-order valence-electron chi connectivity index (χ2n) is 2.81. The molecule has 0 spiro atoms. The monoisotopic (exact) mass is 197 g/mol. The van der Waals surface area contributed by atoms with Crippen LogP contribution in [0.4, 0.5) is 8.78 Å². The molecule has 0 aliphatic rings. The van der Waals surface area contributed by atoms with Crippen LogP contribution in [-0.2, 0) is 4.79 Å². The fourth-order valence-corrected chi connectivity index (χ4v) is 1.22. The average Bonchev–Trinajstić information content (AvgIpc) is 2.15. The summed E-state index contributed by atoms with van der Waals surface area (Å²) < 4.78 is 25.7. The lowest BCUT2D eigenvalue weighted by Gasteiger charge is -2.08. The van der Waals surface area contributed by atoms with Gasteiger partial charge in [0.1, 0.15) is 11.6 Å². The summed E-state index contributed by atoms with van der Waals surface area (Å²) >= 11 is 0. The molecule has 4 heteroatoms. The van der Waals surface area contributed by atoms with Crippen LogP contribution in [-0.4, -0.2) is 6.08 Å². The second kappa shape index (κ2) is 4.63. The first-order valence-electron chi connectivity index (χ1n) is 4.21. The number of halogens is 2. The van der Waals surface area contributed by atoms with Crippen molar-refractivity contribution in [3.8, 4) is 0 Å². The lowest BCUT2D eigenvalue weighted by atomic mass is 10.0. The molecule has 14 heavy (non-hydrogen) atoms. The summed E-state index contributed by atoms with van der Waals surface area (Å²) in [5.74, 6) is -1.33. The Kier molecular flexibility index (Phi) is 3.48. The van der Waals surface area contributed by atoms with Gasteiger partial charge in [-0.05, 0) is 12.5 Å². The normalized spacial score (nSPS) is 11.9. The zero-order valence-corrected chi connectivity index (χ0v) is 7.63. The van der Waals surface area contributed by atoms with Crippen LogP contribution >= 0.6 is 0 Å². The Morgan fingerprint density at radius 3 is 2.71 bits per heavy atom. The van der Waals surface area contributed by atoms with Crippen LogP contribution in [0.3, 0.4) is 0 Å². The average molecular weight is 197 g/mol. The third-order valence-electron chi connectivity index (χ3n) is 1.92. The van der Waals surface area contributed by atoms with Crippen LogP contribution in [0.25, 0.3) is 0 Å². The minimum absolute atomic E-state index is 0.220. The van der Waals surface area contributed by atoms with E-state index in [0.29, 0.717) is 6.42 Å². The van der Waals surface area contributed by atoms with Crippen molar-refractivity contribution in [1.29, 1.82) is 0 Å². The van der Waals surface area contributed by atoms with E-state index in [1.54, 1.807) is 6.92 Å². The highest BCUT2D eigenvalue weighted by Gasteiger charge is 2.13. The van der Waals surface area contributed by atoms with Crippen LogP contribution in [0.15, 0.2) is 23.2 Å². The zero-order valence-electron chi connectivity index (χ0n) is 7.63. The Bertz CT molecular complexity index is 372. The van der Waals surface area contributed by atoms with Gasteiger partial charge in [0.15, 0.2) is 0 Å². The molecule has 74 valence electrons. The summed E-state index contributed by atoms with van der Waals surface area (Å²) in [5, 5.41) is 0. The van der Waals surface area contributed by atoms with Gasteiger partial charge in [-0.3, -0.25) is 0 Å². The maximum Gasteiger partial charge on any atom is 0.235 e. The first-order chi connectivity index (χ1) is 6.69. The number of hydrogen-bond acceptors (Lipinski definition) is 2. The Balaban J connectivity index is 3.10. The topological polar surface area (TPSA) is 29.4 Å². The molecule has 1 unspecified atom stereocenters. The summed E-state index contributed by atoms with van der Waals surface area (Å²) in [6.45, 7) is 1.76. The van der Waals surface area contributed by atoms with Gasteiger partial charge in [0.05, 0.1) is 6.04 Å². The summed E-state index contributed by atoms with van der Waals surface area (Å²) in [4.78, 5) is 13.5. The number of carbonyl (C=O) groups excluding carboxylic acids is 1. The van der Waals surface area contributed by atoms with Gasteiger partial charge < -0.3 is 0 Å². The third kappa shape index (κ3) is 2.24. The molecular formula is C10H9F2NO. The Morgan fingerprint density at radius 1 is 1.50 bits per heavy atom. The maximum absolute atomic E-state index is 13.2. The second-order valence-corrected chi connectivity index (χ2v) is 2.81. The van der Waals surface area contributed by atoms with E-state index in [9.17, 15) is 13.6 Å². The van der Waals surface area contributed by atoms with E-state index < -0.39 is 17.7 Å². The highest BCUT2D eigenvalue weighted by Crippen LogP contribution is 2.23. The van der Waals surface area contributed by atoms with Gasteiger partial charge in [0.2, 0.25) is 6.08 Å². The van der Waals surface area contributed by atoms with Crippen LogP contribution in [0.1, 0.15) is 24.9 Å². The standard InChI is InChI=1S/C10H9F2NO/c1-2-10(13-6-14)8-4-3-7(11)5-9(8)12/h3-5,10H,2H2,1H3. The molecule has 2 nitrogen and oxygen atoms in total. The van der Waals surface area contributed by atoms with Gasteiger partial charge in [-0.2, -0.15) is 4.99 Å². The van der Waals surface area contributed by atoms with Crippen LogP contribution in [0, 0.1) is 11.6 Å². The predicted molar refractivity (Wildman–Crippen MR) is 47.5 cm³/mol. The molecule has 1 aromatic carbocycles. The molecule has 0 bridgehead atoms. The quantitative estimate of drug-likeness (QED) is 0.541. The molecule has 0 radical (unpaired) electrons. The SMILES string of the molecule is CCC(N=C=O)c1ccc(F)cc1F. The molecule has 1 atom stereocenters. The minimum atomic E-state index is -0.684. The van der Waals surface area contributed by atoms with E-state index in [0.717, 1.165) is 12.1 Å². The van der Waals surface area contributed by atoms with Crippen molar-refractivity contribution in [2.45, 2.75) is 19.4 Å². The van der Waals surface area contributed by atoms with E-state index in [-0.39, 0.29) is 5.56 Å². The fourth-order valence-electron chi connectivity index (χ4n) is 1.22.